The van der Waals surface area contributed by atoms with Crippen LogP contribution in [0.2, 0.25) is 0 Å². The van der Waals surface area contributed by atoms with Crippen LogP contribution in [-0.4, -0.2) is 24.5 Å². The number of nitrogens with zero attached hydrogens (tertiary/aromatic N) is 1. The van der Waals surface area contributed by atoms with E-state index in [1.165, 1.54) is 16.7 Å². The molecule has 130 valence electrons. The second kappa shape index (κ2) is 8.28. The molecular weight excluding hydrogens is 330 g/mol. The van der Waals surface area contributed by atoms with Crippen molar-refractivity contribution in [3.63, 3.8) is 0 Å². The van der Waals surface area contributed by atoms with E-state index in [0.29, 0.717) is 6.42 Å². The van der Waals surface area contributed by atoms with Gasteiger partial charge in [0.2, 0.25) is 5.91 Å². The zero-order chi connectivity index (χ0) is 17.6. The van der Waals surface area contributed by atoms with E-state index >= 15 is 0 Å². The van der Waals surface area contributed by atoms with Gasteiger partial charge in [-0.15, -0.1) is 0 Å². The number of piperidine rings is 1. The summed E-state index contributed by atoms with van der Waals surface area (Å²) in [5, 5.41) is 19.8. The highest BCUT2D eigenvalue weighted by atomic mass is 32.1. The molecule has 1 aromatic carbocycles. The molecular formula is C20H23N3OS. The minimum Gasteiger partial charge on any atom is -0.339 e. The molecule has 5 heteroatoms. The Morgan fingerprint density at radius 1 is 1.36 bits per heavy atom. The summed E-state index contributed by atoms with van der Waals surface area (Å²) in [6, 6.07) is 9.82. The first kappa shape index (κ1) is 17.7. The summed E-state index contributed by atoms with van der Waals surface area (Å²) in [7, 11) is 0. The molecule has 1 saturated heterocycles. The molecule has 0 radical (unpaired) electrons. The fourth-order valence-electron chi connectivity index (χ4n) is 3.19. The van der Waals surface area contributed by atoms with Gasteiger partial charge in [-0.25, -0.2) is 0 Å². The third kappa shape index (κ3) is 4.47. The molecule has 2 atom stereocenters. The van der Waals surface area contributed by atoms with E-state index in [0.717, 1.165) is 31.4 Å². The first-order valence-corrected chi connectivity index (χ1v) is 9.67. The van der Waals surface area contributed by atoms with Crippen LogP contribution in [0.4, 0.5) is 0 Å². The van der Waals surface area contributed by atoms with Gasteiger partial charge >= 0.3 is 0 Å². The number of nitrogens with one attached hydrogen (secondary N) is 2. The molecule has 0 spiro atoms. The fourth-order valence-corrected chi connectivity index (χ4v) is 4.05. The maximum atomic E-state index is 12.3. The van der Waals surface area contributed by atoms with Crippen molar-refractivity contribution in [2.24, 2.45) is 0 Å². The average Bonchev–Trinajstić information content (AvgIpc) is 3.08. The van der Waals surface area contributed by atoms with Gasteiger partial charge in [0.05, 0.1) is 12.1 Å². The second-order valence-electron chi connectivity index (χ2n) is 6.56. The number of amides is 1. The van der Waals surface area contributed by atoms with Crippen molar-refractivity contribution in [3.05, 3.63) is 46.2 Å². The number of hydrogen-bond donors (Lipinski definition) is 2. The summed E-state index contributed by atoms with van der Waals surface area (Å²) in [6.07, 6.45) is 3.55. The number of benzene rings is 1. The summed E-state index contributed by atoms with van der Waals surface area (Å²) in [5.41, 5.74) is 4.77. The van der Waals surface area contributed by atoms with Gasteiger partial charge in [0.25, 0.3) is 0 Å². The Hall–Kier alpha value is -2.16. The van der Waals surface area contributed by atoms with E-state index in [4.69, 9.17) is 0 Å². The van der Waals surface area contributed by atoms with Crippen LogP contribution in [0.5, 0.6) is 0 Å². The van der Waals surface area contributed by atoms with Gasteiger partial charge in [-0.3, -0.25) is 4.79 Å². The lowest BCUT2D eigenvalue weighted by atomic mass is 10.00. The molecule has 2 aromatic rings. The standard InChI is InChI=1S/C20H23N3OS/c1-14-12-25-13-18(14)16-7-5-15(6-8-16)10-17(11-21)23-20(24)19-4-2-3-9-22-19/h5-8,12-13,17,19,22H,2-4,9-10H2,1H3,(H,23,24)/t17-,19?/m0/s1. The van der Waals surface area contributed by atoms with Gasteiger partial charge in [0.1, 0.15) is 6.04 Å². The van der Waals surface area contributed by atoms with Crippen molar-refractivity contribution in [2.45, 2.75) is 44.7 Å². The zero-order valence-corrected chi connectivity index (χ0v) is 15.2. The van der Waals surface area contributed by atoms with Crippen LogP contribution in [0, 0.1) is 18.3 Å². The van der Waals surface area contributed by atoms with Gasteiger partial charge in [-0.2, -0.15) is 16.6 Å². The molecule has 4 nitrogen and oxygen atoms in total. The molecule has 25 heavy (non-hydrogen) atoms. The SMILES string of the molecule is Cc1cscc1-c1ccc(C[C@@H](C#N)NC(=O)C2CCCCN2)cc1. The molecule has 2 heterocycles. The van der Waals surface area contributed by atoms with Crippen molar-refractivity contribution in [1.82, 2.24) is 10.6 Å². The molecule has 2 N–H and O–H groups in total. The lowest BCUT2D eigenvalue weighted by Crippen LogP contribution is -2.49. The average molecular weight is 353 g/mol. The minimum atomic E-state index is -0.495. The normalized spacial score (nSPS) is 18.3. The predicted octanol–water partition coefficient (Wildman–Crippen LogP) is 3.42. The third-order valence-electron chi connectivity index (χ3n) is 4.66. The van der Waals surface area contributed by atoms with Crippen molar-refractivity contribution in [2.75, 3.05) is 6.54 Å². The van der Waals surface area contributed by atoms with Gasteiger partial charge in [0, 0.05) is 6.42 Å². The molecule has 3 rings (SSSR count). The first-order valence-electron chi connectivity index (χ1n) is 8.73. The van der Waals surface area contributed by atoms with Gasteiger partial charge in [-0.05, 0) is 59.3 Å². The topological polar surface area (TPSA) is 64.9 Å². The number of rotatable bonds is 5. The smallest absolute Gasteiger partial charge is 0.238 e. The van der Waals surface area contributed by atoms with Crippen molar-refractivity contribution in [1.29, 1.82) is 5.26 Å². The highest BCUT2D eigenvalue weighted by Crippen LogP contribution is 2.27. The van der Waals surface area contributed by atoms with Crippen LogP contribution in [0.3, 0.4) is 0 Å². The monoisotopic (exact) mass is 353 g/mol. The lowest BCUT2D eigenvalue weighted by molar-refractivity contribution is -0.124. The van der Waals surface area contributed by atoms with E-state index < -0.39 is 6.04 Å². The van der Waals surface area contributed by atoms with E-state index in [9.17, 15) is 10.1 Å². The van der Waals surface area contributed by atoms with Crippen LogP contribution < -0.4 is 10.6 Å². The Labute approximate surface area is 152 Å². The number of carbonyl (C=O) groups excluding carboxylic acids is 1. The number of thiophene rings is 1. The van der Waals surface area contributed by atoms with Crippen LogP contribution in [0.25, 0.3) is 11.1 Å². The molecule has 1 fully saturated rings. The summed E-state index contributed by atoms with van der Waals surface area (Å²) in [4.78, 5) is 12.3. The van der Waals surface area contributed by atoms with E-state index in [-0.39, 0.29) is 11.9 Å². The molecule has 1 aromatic heterocycles. The summed E-state index contributed by atoms with van der Waals surface area (Å²) in [6.45, 7) is 2.99. The molecule has 1 aliphatic heterocycles. The largest absolute Gasteiger partial charge is 0.339 e. The van der Waals surface area contributed by atoms with Crippen LogP contribution in [0.15, 0.2) is 35.0 Å². The van der Waals surface area contributed by atoms with Crippen molar-refractivity contribution in [3.8, 4) is 17.2 Å². The highest BCUT2D eigenvalue weighted by Gasteiger charge is 2.22. The number of carbonyl (C=O) groups is 1. The number of aryl methyl sites for hydroxylation is 1. The van der Waals surface area contributed by atoms with Gasteiger partial charge < -0.3 is 10.6 Å². The van der Waals surface area contributed by atoms with Gasteiger partial charge in [0.15, 0.2) is 0 Å². The molecule has 1 amide bonds. The third-order valence-corrected chi connectivity index (χ3v) is 5.52. The highest BCUT2D eigenvalue weighted by molar-refractivity contribution is 7.08. The first-order chi connectivity index (χ1) is 12.2. The molecule has 1 aliphatic rings. The number of nitriles is 1. The molecule has 0 bridgehead atoms. The van der Waals surface area contributed by atoms with Crippen LogP contribution >= 0.6 is 11.3 Å². The van der Waals surface area contributed by atoms with Crippen molar-refractivity contribution >= 4 is 17.2 Å². The number of hydrogen-bond acceptors (Lipinski definition) is 4. The van der Waals surface area contributed by atoms with E-state index in [2.05, 4.69) is 46.5 Å². The zero-order valence-electron chi connectivity index (χ0n) is 14.4. The van der Waals surface area contributed by atoms with Crippen molar-refractivity contribution < 1.29 is 4.79 Å². The maximum absolute atomic E-state index is 12.3. The van der Waals surface area contributed by atoms with E-state index in [1.807, 2.05) is 12.1 Å². The predicted molar refractivity (Wildman–Crippen MR) is 101 cm³/mol. The summed E-state index contributed by atoms with van der Waals surface area (Å²) < 4.78 is 0. The minimum absolute atomic E-state index is 0.0585. The van der Waals surface area contributed by atoms with E-state index in [1.54, 1.807) is 11.3 Å². The maximum Gasteiger partial charge on any atom is 0.238 e. The molecule has 0 saturated carbocycles. The van der Waals surface area contributed by atoms with Crippen LogP contribution in [-0.2, 0) is 11.2 Å². The summed E-state index contributed by atoms with van der Waals surface area (Å²) in [5.74, 6) is -0.0585. The van der Waals surface area contributed by atoms with Gasteiger partial charge in [-0.1, -0.05) is 30.7 Å². The Balaban J connectivity index is 1.61. The van der Waals surface area contributed by atoms with Crippen LogP contribution in [0.1, 0.15) is 30.4 Å². The fraction of sp³-hybridized carbons (Fsp3) is 0.400. The quantitative estimate of drug-likeness (QED) is 0.866. The Bertz CT molecular complexity index is 754. The lowest BCUT2D eigenvalue weighted by Gasteiger charge is -2.23. The Morgan fingerprint density at radius 2 is 2.16 bits per heavy atom. The summed E-state index contributed by atoms with van der Waals surface area (Å²) >= 11 is 1.70. The Morgan fingerprint density at radius 3 is 2.76 bits per heavy atom. The second-order valence-corrected chi connectivity index (χ2v) is 7.31. The molecule has 1 unspecified atom stereocenters. The molecule has 0 aliphatic carbocycles. The Kier molecular flexibility index (Phi) is 5.85.